The number of carbonyl (C=O) groups is 1. The molecular weight excluding hydrogens is 400 g/mol. The third kappa shape index (κ3) is 4.39. The molecule has 0 aliphatic carbocycles. The lowest BCUT2D eigenvalue weighted by Crippen LogP contribution is -2.22. The van der Waals surface area contributed by atoms with Crippen LogP contribution < -0.4 is 5.32 Å². The topological polar surface area (TPSA) is 41.5 Å². The van der Waals surface area contributed by atoms with Crippen molar-refractivity contribution < 1.29 is 4.79 Å². The van der Waals surface area contributed by atoms with E-state index in [1.165, 1.54) is 10.5 Å². The van der Waals surface area contributed by atoms with Gasteiger partial charge in [0, 0.05) is 38.2 Å². The number of aliphatic imine (C=N–C) groups is 1. The van der Waals surface area contributed by atoms with E-state index in [1.54, 1.807) is 11.8 Å². The van der Waals surface area contributed by atoms with E-state index in [1.807, 2.05) is 48.5 Å². The predicted octanol–water partition coefficient (Wildman–Crippen LogP) is 6.66. The van der Waals surface area contributed by atoms with E-state index in [0.717, 1.165) is 34.7 Å². The molecule has 4 rings (SSSR count). The standard InChI is InChI=1S/C24H21ClN2OS/c1-2-7-20-18-9-4-6-11-22(18)29-23-13-12-16(14-21(23)27-20)24(28)26-15-17-8-3-5-10-19(17)25/h3-6,8-14H,2,7,15H2,1H3,(H,26,28). The Balaban J connectivity index is 1.61. The van der Waals surface area contributed by atoms with Gasteiger partial charge >= 0.3 is 0 Å². The van der Waals surface area contributed by atoms with Gasteiger partial charge in [-0.1, -0.05) is 73.1 Å². The average Bonchev–Trinajstić information content (AvgIpc) is 2.89. The molecule has 0 atom stereocenters. The number of rotatable bonds is 5. The Kier molecular flexibility index (Phi) is 6.02. The number of hydrogen-bond donors (Lipinski definition) is 1. The van der Waals surface area contributed by atoms with Crippen LogP contribution in [0.15, 0.2) is 81.5 Å². The summed E-state index contributed by atoms with van der Waals surface area (Å²) in [6.07, 6.45) is 1.92. The minimum absolute atomic E-state index is 0.133. The summed E-state index contributed by atoms with van der Waals surface area (Å²) >= 11 is 7.89. The molecule has 0 saturated carbocycles. The van der Waals surface area contributed by atoms with Crippen molar-refractivity contribution in [3.8, 4) is 0 Å². The Morgan fingerprint density at radius 2 is 1.83 bits per heavy atom. The molecule has 0 saturated heterocycles. The van der Waals surface area contributed by atoms with Gasteiger partial charge in [-0.25, -0.2) is 0 Å². The normalized spacial score (nSPS) is 12.4. The van der Waals surface area contributed by atoms with Crippen LogP contribution in [0.1, 0.15) is 41.3 Å². The monoisotopic (exact) mass is 420 g/mol. The molecule has 0 unspecified atom stereocenters. The van der Waals surface area contributed by atoms with Crippen LogP contribution in [0.2, 0.25) is 5.02 Å². The van der Waals surface area contributed by atoms with Gasteiger partial charge in [-0.3, -0.25) is 9.79 Å². The van der Waals surface area contributed by atoms with Gasteiger partial charge < -0.3 is 5.32 Å². The molecule has 0 radical (unpaired) electrons. The first-order chi connectivity index (χ1) is 14.2. The molecule has 0 fully saturated rings. The van der Waals surface area contributed by atoms with Crippen LogP contribution in [-0.4, -0.2) is 11.6 Å². The summed E-state index contributed by atoms with van der Waals surface area (Å²) in [6, 6.07) is 21.6. The Morgan fingerprint density at radius 1 is 1.03 bits per heavy atom. The lowest BCUT2D eigenvalue weighted by molar-refractivity contribution is 0.0951. The second-order valence-electron chi connectivity index (χ2n) is 6.86. The van der Waals surface area contributed by atoms with Crippen LogP contribution in [-0.2, 0) is 6.54 Å². The third-order valence-electron chi connectivity index (χ3n) is 4.78. The van der Waals surface area contributed by atoms with Crippen molar-refractivity contribution >= 4 is 40.7 Å². The fourth-order valence-corrected chi connectivity index (χ4v) is 4.52. The lowest BCUT2D eigenvalue weighted by Gasteiger charge is -2.09. The van der Waals surface area contributed by atoms with Crippen LogP contribution in [0.5, 0.6) is 0 Å². The lowest BCUT2D eigenvalue weighted by atomic mass is 10.1. The smallest absolute Gasteiger partial charge is 0.251 e. The summed E-state index contributed by atoms with van der Waals surface area (Å²) in [5.74, 6) is -0.133. The fourth-order valence-electron chi connectivity index (χ4n) is 3.30. The summed E-state index contributed by atoms with van der Waals surface area (Å²) in [6.45, 7) is 2.54. The number of nitrogens with zero attached hydrogens (tertiary/aromatic N) is 1. The number of fused-ring (bicyclic) bond motifs is 2. The molecule has 1 amide bonds. The van der Waals surface area contributed by atoms with Crippen molar-refractivity contribution in [1.29, 1.82) is 0 Å². The molecule has 146 valence electrons. The van der Waals surface area contributed by atoms with Crippen LogP contribution in [0.3, 0.4) is 0 Å². The van der Waals surface area contributed by atoms with E-state index in [0.29, 0.717) is 17.1 Å². The predicted molar refractivity (Wildman–Crippen MR) is 121 cm³/mol. The molecule has 0 bridgehead atoms. The highest BCUT2D eigenvalue weighted by molar-refractivity contribution is 7.99. The molecule has 29 heavy (non-hydrogen) atoms. The first kappa shape index (κ1) is 19.7. The Morgan fingerprint density at radius 3 is 2.66 bits per heavy atom. The van der Waals surface area contributed by atoms with E-state index >= 15 is 0 Å². The van der Waals surface area contributed by atoms with E-state index in [4.69, 9.17) is 16.6 Å². The van der Waals surface area contributed by atoms with Crippen LogP contribution in [0.25, 0.3) is 0 Å². The molecule has 3 aromatic carbocycles. The maximum Gasteiger partial charge on any atom is 0.251 e. The maximum atomic E-state index is 12.7. The van der Waals surface area contributed by atoms with Crippen molar-refractivity contribution in [3.05, 3.63) is 88.4 Å². The average molecular weight is 421 g/mol. The molecular formula is C24H21ClN2OS. The quantitative estimate of drug-likeness (QED) is 0.501. The Hall–Kier alpha value is -2.56. The van der Waals surface area contributed by atoms with Gasteiger partial charge in [-0.05, 0) is 42.3 Å². The second kappa shape index (κ2) is 8.85. The number of benzene rings is 3. The van der Waals surface area contributed by atoms with Gasteiger partial charge in [0.05, 0.1) is 5.69 Å². The molecule has 0 aromatic heterocycles. The van der Waals surface area contributed by atoms with Crippen molar-refractivity contribution in [2.75, 3.05) is 0 Å². The number of hydrogen-bond acceptors (Lipinski definition) is 3. The second-order valence-corrected chi connectivity index (χ2v) is 8.35. The summed E-state index contributed by atoms with van der Waals surface area (Å²) in [7, 11) is 0. The highest BCUT2D eigenvalue weighted by atomic mass is 35.5. The fraction of sp³-hybridized carbons (Fsp3) is 0.167. The summed E-state index contributed by atoms with van der Waals surface area (Å²) in [4.78, 5) is 19.9. The van der Waals surface area contributed by atoms with Crippen LogP contribution in [0.4, 0.5) is 5.69 Å². The van der Waals surface area contributed by atoms with Crippen molar-refractivity contribution in [2.45, 2.75) is 36.1 Å². The van der Waals surface area contributed by atoms with Crippen LogP contribution in [0, 0.1) is 0 Å². The Labute approximate surface area is 180 Å². The van der Waals surface area contributed by atoms with Gasteiger partial charge in [-0.2, -0.15) is 0 Å². The molecule has 3 nitrogen and oxygen atoms in total. The molecule has 1 aliphatic heterocycles. The van der Waals surface area contributed by atoms with Gasteiger partial charge in [-0.15, -0.1) is 0 Å². The minimum Gasteiger partial charge on any atom is -0.348 e. The maximum absolute atomic E-state index is 12.7. The van der Waals surface area contributed by atoms with E-state index < -0.39 is 0 Å². The molecule has 1 heterocycles. The number of carbonyl (C=O) groups excluding carboxylic acids is 1. The SMILES string of the molecule is CCCC1=Nc2cc(C(=O)NCc3ccccc3Cl)ccc2Sc2ccccc21. The number of halogens is 1. The van der Waals surface area contributed by atoms with Crippen molar-refractivity contribution in [2.24, 2.45) is 4.99 Å². The van der Waals surface area contributed by atoms with E-state index in [2.05, 4.69) is 30.4 Å². The van der Waals surface area contributed by atoms with Gasteiger partial charge in [0.1, 0.15) is 0 Å². The first-order valence-corrected chi connectivity index (χ1v) is 10.9. The summed E-state index contributed by atoms with van der Waals surface area (Å²) in [5, 5.41) is 3.60. The summed E-state index contributed by atoms with van der Waals surface area (Å²) in [5.41, 5.74) is 4.59. The van der Waals surface area contributed by atoms with Crippen LogP contribution >= 0.6 is 23.4 Å². The zero-order valence-electron chi connectivity index (χ0n) is 16.1. The largest absolute Gasteiger partial charge is 0.348 e. The molecule has 0 spiro atoms. The summed E-state index contributed by atoms with van der Waals surface area (Å²) < 4.78 is 0. The van der Waals surface area contributed by atoms with E-state index in [-0.39, 0.29) is 5.91 Å². The number of amides is 1. The molecule has 3 aromatic rings. The number of nitrogens with one attached hydrogen (secondary N) is 1. The third-order valence-corrected chi connectivity index (χ3v) is 6.29. The molecule has 1 aliphatic rings. The van der Waals surface area contributed by atoms with E-state index in [9.17, 15) is 4.79 Å². The highest BCUT2D eigenvalue weighted by Gasteiger charge is 2.18. The van der Waals surface area contributed by atoms with Gasteiger partial charge in [0.25, 0.3) is 5.91 Å². The van der Waals surface area contributed by atoms with Gasteiger partial charge in [0.15, 0.2) is 0 Å². The van der Waals surface area contributed by atoms with Gasteiger partial charge in [0.2, 0.25) is 0 Å². The highest BCUT2D eigenvalue weighted by Crippen LogP contribution is 2.41. The molecule has 5 heteroatoms. The Bertz CT molecular complexity index is 1090. The zero-order valence-corrected chi connectivity index (χ0v) is 17.7. The minimum atomic E-state index is -0.133. The zero-order chi connectivity index (χ0) is 20.2. The molecule has 1 N–H and O–H groups in total. The van der Waals surface area contributed by atoms with Crippen molar-refractivity contribution in [3.63, 3.8) is 0 Å². The first-order valence-electron chi connectivity index (χ1n) is 9.66. The van der Waals surface area contributed by atoms with Crippen molar-refractivity contribution in [1.82, 2.24) is 5.32 Å².